The highest BCUT2D eigenvalue weighted by molar-refractivity contribution is 6.31. The van der Waals surface area contributed by atoms with E-state index in [9.17, 15) is 4.79 Å². The van der Waals surface area contributed by atoms with Gasteiger partial charge in [-0.15, -0.1) is 0 Å². The maximum absolute atomic E-state index is 12.2. The van der Waals surface area contributed by atoms with Crippen LogP contribution in [-0.4, -0.2) is 22.2 Å². The highest BCUT2D eigenvalue weighted by Gasteiger charge is 2.16. The Morgan fingerprint density at radius 1 is 1.22 bits per heavy atom. The number of hydrogen-bond donors (Lipinski definition) is 1. The molecule has 0 saturated carbocycles. The average Bonchev–Trinajstić information content (AvgIpc) is 3.12. The number of rotatable bonds is 6. The van der Waals surface area contributed by atoms with Gasteiger partial charge in [-0.05, 0) is 44.5 Å². The van der Waals surface area contributed by atoms with Crippen LogP contribution < -0.4 is 10.1 Å². The van der Waals surface area contributed by atoms with E-state index in [1.165, 1.54) is 0 Å². The summed E-state index contributed by atoms with van der Waals surface area (Å²) >= 11 is 5.99. The Kier molecular flexibility index (Phi) is 5.76. The second-order valence-electron chi connectivity index (χ2n) is 6.27. The van der Waals surface area contributed by atoms with Crippen molar-refractivity contribution in [1.29, 1.82) is 0 Å². The first-order chi connectivity index (χ1) is 12.9. The minimum atomic E-state index is -0.676. The maximum atomic E-state index is 12.2. The van der Waals surface area contributed by atoms with E-state index < -0.39 is 6.10 Å². The number of benzene rings is 2. The highest BCUT2D eigenvalue weighted by Crippen LogP contribution is 2.22. The van der Waals surface area contributed by atoms with E-state index in [1.54, 1.807) is 25.1 Å². The smallest absolute Gasteiger partial charge is 0.261 e. The topological polar surface area (TPSA) is 77.2 Å². The molecular weight excluding hydrogens is 366 g/mol. The number of nitrogens with one attached hydrogen (secondary N) is 1. The number of ether oxygens (including phenoxy) is 1. The molecule has 1 heterocycles. The first-order valence-electron chi connectivity index (χ1n) is 8.52. The molecule has 1 atom stereocenters. The summed E-state index contributed by atoms with van der Waals surface area (Å²) in [6.07, 6.45) is -0.676. The number of halogens is 1. The standard InChI is InChI=1S/C20H20ClN3O3/c1-12-4-6-15(7-5-12)19-23-18(27-24-19)11-22-20(25)14(3)26-16-8-9-17(21)13(2)10-16/h4-10,14H,11H2,1-3H3,(H,22,25)/t14-/m1/s1. The molecule has 0 aliphatic heterocycles. The van der Waals surface area contributed by atoms with Crippen molar-refractivity contribution in [1.82, 2.24) is 15.5 Å². The van der Waals surface area contributed by atoms with Gasteiger partial charge in [0.15, 0.2) is 6.10 Å². The second kappa shape index (κ2) is 8.22. The van der Waals surface area contributed by atoms with Crippen molar-refractivity contribution in [2.45, 2.75) is 33.4 Å². The molecule has 0 radical (unpaired) electrons. The number of hydrogen-bond acceptors (Lipinski definition) is 5. The molecular formula is C20H20ClN3O3. The van der Waals surface area contributed by atoms with E-state index in [-0.39, 0.29) is 12.5 Å². The van der Waals surface area contributed by atoms with Crippen LogP contribution in [0.4, 0.5) is 0 Å². The molecule has 1 N–H and O–H groups in total. The zero-order valence-corrected chi connectivity index (χ0v) is 16.1. The molecule has 0 unspecified atom stereocenters. The summed E-state index contributed by atoms with van der Waals surface area (Å²) in [7, 11) is 0. The number of aromatic nitrogens is 2. The van der Waals surface area contributed by atoms with Crippen LogP contribution >= 0.6 is 11.6 Å². The number of carbonyl (C=O) groups excluding carboxylic acids is 1. The summed E-state index contributed by atoms with van der Waals surface area (Å²) in [6.45, 7) is 5.69. The van der Waals surface area contributed by atoms with Crippen molar-refractivity contribution >= 4 is 17.5 Å². The molecule has 0 bridgehead atoms. The SMILES string of the molecule is Cc1ccc(-c2noc(CNC(=O)[C@@H](C)Oc3ccc(Cl)c(C)c3)n2)cc1. The van der Waals surface area contributed by atoms with Gasteiger partial charge >= 0.3 is 0 Å². The van der Waals surface area contributed by atoms with Crippen LogP contribution in [0.3, 0.4) is 0 Å². The van der Waals surface area contributed by atoms with Crippen LogP contribution in [0.5, 0.6) is 5.75 Å². The van der Waals surface area contributed by atoms with Crippen LogP contribution in [0.1, 0.15) is 23.9 Å². The van der Waals surface area contributed by atoms with Crippen molar-refractivity contribution in [3.63, 3.8) is 0 Å². The van der Waals surface area contributed by atoms with Gasteiger partial charge in [0, 0.05) is 10.6 Å². The first kappa shape index (κ1) is 18.9. The van der Waals surface area contributed by atoms with Crippen LogP contribution in [0.25, 0.3) is 11.4 Å². The second-order valence-corrected chi connectivity index (χ2v) is 6.67. The molecule has 2 aromatic carbocycles. The molecule has 3 aromatic rings. The lowest BCUT2D eigenvalue weighted by atomic mass is 10.1. The molecule has 0 aliphatic carbocycles. The summed E-state index contributed by atoms with van der Waals surface area (Å²) in [5, 5.41) is 7.33. The monoisotopic (exact) mass is 385 g/mol. The largest absolute Gasteiger partial charge is 0.481 e. The van der Waals surface area contributed by atoms with Gasteiger partial charge in [0.1, 0.15) is 5.75 Å². The Bertz CT molecular complexity index is 938. The van der Waals surface area contributed by atoms with Crippen LogP contribution in [0.15, 0.2) is 47.0 Å². The van der Waals surface area contributed by atoms with Gasteiger partial charge in [-0.2, -0.15) is 4.98 Å². The van der Waals surface area contributed by atoms with Gasteiger partial charge in [0.05, 0.1) is 6.54 Å². The van der Waals surface area contributed by atoms with Crippen LogP contribution in [-0.2, 0) is 11.3 Å². The Labute approximate surface area is 162 Å². The van der Waals surface area contributed by atoms with Crippen LogP contribution in [0.2, 0.25) is 5.02 Å². The number of aryl methyl sites for hydroxylation is 2. The quantitative estimate of drug-likeness (QED) is 0.691. The molecule has 6 nitrogen and oxygen atoms in total. The van der Waals surface area contributed by atoms with Gasteiger partial charge < -0.3 is 14.6 Å². The first-order valence-corrected chi connectivity index (χ1v) is 8.90. The molecule has 1 aromatic heterocycles. The third-order valence-electron chi connectivity index (χ3n) is 4.00. The third-order valence-corrected chi connectivity index (χ3v) is 4.43. The van der Waals surface area contributed by atoms with Crippen molar-refractivity contribution in [3.05, 3.63) is 64.5 Å². The summed E-state index contributed by atoms with van der Waals surface area (Å²) < 4.78 is 10.8. The lowest BCUT2D eigenvalue weighted by molar-refractivity contribution is -0.127. The minimum absolute atomic E-state index is 0.130. The molecule has 0 fully saturated rings. The molecule has 0 aliphatic rings. The third kappa shape index (κ3) is 4.86. The van der Waals surface area contributed by atoms with Gasteiger partial charge in [-0.3, -0.25) is 4.79 Å². The van der Waals surface area contributed by atoms with E-state index in [4.69, 9.17) is 20.9 Å². The molecule has 140 valence electrons. The van der Waals surface area contributed by atoms with E-state index in [0.717, 1.165) is 16.7 Å². The molecule has 3 rings (SSSR count). The fraction of sp³-hybridized carbons (Fsp3) is 0.250. The van der Waals surface area contributed by atoms with Crippen molar-refractivity contribution in [2.24, 2.45) is 0 Å². The fourth-order valence-electron chi connectivity index (χ4n) is 2.40. The summed E-state index contributed by atoms with van der Waals surface area (Å²) in [5.41, 5.74) is 2.90. The molecule has 0 spiro atoms. The summed E-state index contributed by atoms with van der Waals surface area (Å²) in [4.78, 5) is 16.5. The Morgan fingerprint density at radius 2 is 1.96 bits per heavy atom. The van der Waals surface area contributed by atoms with Crippen LogP contribution in [0, 0.1) is 13.8 Å². The van der Waals surface area contributed by atoms with E-state index in [2.05, 4.69) is 15.5 Å². The molecule has 1 amide bonds. The van der Waals surface area contributed by atoms with Gasteiger partial charge in [0.2, 0.25) is 11.7 Å². The predicted octanol–water partition coefficient (Wildman–Crippen LogP) is 4.09. The minimum Gasteiger partial charge on any atom is -0.481 e. The van der Waals surface area contributed by atoms with Gasteiger partial charge in [-0.25, -0.2) is 0 Å². The van der Waals surface area contributed by atoms with Crippen molar-refractivity contribution in [2.75, 3.05) is 0 Å². The van der Waals surface area contributed by atoms with Gasteiger partial charge in [0.25, 0.3) is 5.91 Å². The predicted molar refractivity (Wildman–Crippen MR) is 103 cm³/mol. The average molecular weight is 386 g/mol. The highest BCUT2D eigenvalue weighted by atomic mass is 35.5. The van der Waals surface area contributed by atoms with Gasteiger partial charge in [-0.1, -0.05) is 46.6 Å². The summed E-state index contributed by atoms with van der Waals surface area (Å²) in [6, 6.07) is 13.1. The fourth-order valence-corrected chi connectivity index (χ4v) is 2.52. The Balaban J connectivity index is 1.55. The van der Waals surface area contributed by atoms with E-state index in [0.29, 0.717) is 22.5 Å². The van der Waals surface area contributed by atoms with Crippen molar-refractivity contribution < 1.29 is 14.1 Å². The Morgan fingerprint density at radius 3 is 2.67 bits per heavy atom. The molecule has 27 heavy (non-hydrogen) atoms. The van der Waals surface area contributed by atoms with E-state index in [1.807, 2.05) is 38.1 Å². The normalized spacial score (nSPS) is 11.9. The lowest BCUT2D eigenvalue weighted by Gasteiger charge is -2.14. The zero-order chi connectivity index (χ0) is 19.4. The number of carbonyl (C=O) groups is 1. The number of amides is 1. The lowest BCUT2D eigenvalue weighted by Crippen LogP contribution is -2.36. The maximum Gasteiger partial charge on any atom is 0.261 e. The summed E-state index contributed by atoms with van der Waals surface area (Å²) in [5.74, 6) is 1.12. The zero-order valence-electron chi connectivity index (χ0n) is 15.3. The van der Waals surface area contributed by atoms with Crippen molar-refractivity contribution in [3.8, 4) is 17.1 Å². The Hall–Kier alpha value is -2.86. The molecule has 7 heteroatoms. The number of nitrogens with zero attached hydrogens (tertiary/aromatic N) is 2. The molecule has 0 saturated heterocycles. The van der Waals surface area contributed by atoms with E-state index >= 15 is 0 Å².